The normalized spacial score (nSPS) is 14.4. The van der Waals surface area contributed by atoms with Crippen molar-refractivity contribution in [1.82, 2.24) is 10.6 Å². The minimum Gasteiger partial charge on any atom is -0.346 e. The summed E-state index contributed by atoms with van der Waals surface area (Å²) in [5.41, 5.74) is -4.56. The number of benzene rings is 1. The predicted octanol–water partition coefficient (Wildman–Crippen LogP) is 5.49. The van der Waals surface area contributed by atoms with Gasteiger partial charge in [0.2, 0.25) is 5.91 Å². The van der Waals surface area contributed by atoms with Crippen LogP contribution in [0.25, 0.3) is 0 Å². The number of hydrogen-bond donors (Lipinski definition) is 2. The molecule has 1 amide bonds. The Labute approximate surface area is 167 Å². The number of alkyl halides is 6. The summed E-state index contributed by atoms with van der Waals surface area (Å²) in [6.07, 6.45) is -9.43. The molecule has 1 aromatic carbocycles. The number of hydrogen-bond acceptors (Lipinski definition) is 2. The van der Waals surface area contributed by atoms with Crippen molar-refractivity contribution in [3.63, 3.8) is 0 Å². The first-order valence-corrected chi connectivity index (χ1v) is 9.31. The molecule has 0 bridgehead atoms. The second-order valence-corrected chi connectivity index (χ2v) is 8.41. The Kier molecular flexibility index (Phi) is 7.78. The van der Waals surface area contributed by atoms with E-state index in [1.807, 2.05) is 27.7 Å². The van der Waals surface area contributed by atoms with E-state index in [4.69, 9.17) is 0 Å². The van der Waals surface area contributed by atoms with Gasteiger partial charge in [-0.1, -0.05) is 27.7 Å². The molecule has 29 heavy (non-hydrogen) atoms. The Morgan fingerprint density at radius 2 is 1.28 bits per heavy atom. The average Bonchev–Trinajstić information content (AvgIpc) is 2.50. The maximum absolute atomic E-state index is 13.1. The van der Waals surface area contributed by atoms with Gasteiger partial charge in [-0.3, -0.25) is 4.79 Å². The van der Waals surface area contributed by atoms with Crippen LogP contribution in [0.1, 0.15) is 64.7 Å². The van der Waals surface area contributed by atoms with Gasteiger partial charge in [0.05, 0.1) is 22.7 Å². The van der Waals surface area contributed by atoms with Gasteiger partial charge in [0.25, 0.3) is 0 Å². The molecule has 0 unspecified atom stereocenters. The third kappa shape index (κ3) is 7.53. The third-order valence-electron chi connectivity index (χ3n) is 4.30. The van der Waals surface area contributed by atoms with Crippen LogP contribution >= 0.6 is 0 Å². The van der Waals surface area contributed by atoms with E-state index < -0.39 is 41.0 Å². The van der Waals surface area contributed by atoms with Gasteiger partial charge in [0.1, 0.15) is 0 Å². The minimum atomic E-state index is -4.95. The summed E-state index contributed by atoms with van der Waals surface area (Å²) in [7, 11) is 0. The molecule has 166 valence electrons. The summed E-state index contributed by atoms with van der Waals surface area (Å²) in [6.45, 7) is 10.3. The number of carbonyl (C=O) groups is 1. The smallest absolute Gasteiger partial charge is 0.346 e. The Morgan fingerprint density at radius 1 is 0.862 bits per heavy atom. The number of nitrogens with one attached hydrogen (secondary N) is 2. The molecule has 0 saturated carbocycles. The van der Waals surface area contributed by atoms with Crippen LogP contribution in [0.2, 0.25) is 0 Å². The second-order valence-electron chi connectivity index (χ2n) is 8.41. The van der Waals surface area contributed by atoms with Crippen LogP contribution in [-0.4, -0.2) is 18.0 Å². The maximum atomic E-state index is 13.1. The molecule has 0 aromatic heterocycles. The van der Waals surface area contributed by atoms with Crippen LogP contribution in [0, 0.1) is 5.92 Å². The van der Waals surface area contributed by atoms with Gasteiger partial charge in [-0.05, 0) is 49.9 Å². The third-order valence-corrected chi connectivity index (χ3v) is 4.30. The Bertz CT molecular complexity index is 666. The first-order valence-electron chi connectivity index (χ1n) is 9.31. The quantitative estimate of drug-likeness (QED) is 0.567. The summed E-state index contributed by atoms with van der Waals surface area (Å²) in [5.74, 6) is -0.325. The predicted molar refractivity (Wildman–Crippen MR) is 99.1 cm³/mol. The Balaban J connectivity index is 3.31. The lowest BCUT2D eigenvalue weighted by molar-refractivity contribution is -0.143. The van der Waals surface area contributed by atoms with Gasteiger partial charge < -0.3 is 10.6 Å². The van der Waals surface area contributed by atoms with E-state index in [1.165, 1.54) is 13.8 Å². The fourth-order valence-electron chi connectivity index (χ4n) is 2.91. The van der Waals surface area contributed by atoms with Crippen LogP contribution in [0.15, 0.2) is 18.2 Å². The Hall–Kier alpha value is -1.77. The lowest BCUT2D eigenvalue weighted by Crippen LogP contribution is -2.52. The van der Waals surface area contributed by atoms with Crippen molar-refractivity contribution >= 4 is 5.91 Å². The molecule has 0 aliphatic rings. The number of halogens is 6. The topological polar surface area (TPSA) is 41.1 Å². The highest BCUT2D eigenvalue weighted by atomic mass is 19.4. The van der Waals surface area contributed by atoms with Gasteiger partial charge in [-0.15, -0.1) is 0 Å². The summed E-state index contributed by atoms with van der Waals surface area (Å²) in [4.78, 5) is 12.7. The lowest BCUT2D eigenvalue weighted by Gasteiger charge is -2.32. The molecule has 9 heteroatoms. The number of amides is 1. The highest BCUT2D eigenvalue weighted by molar-refractivity contribution is 5.82. The fourth-order valence-corrected chi connectivity index (χ4v) is 2.91. The van der Waals surface area contributed by atoms with Crippen LogP contribution in [-0.2, 0) is 22.7 Å². The minimum absolute atomic E-state index is 0.0296. The summed E-state index contributed by atoms with van der Waals surface area (Å²) >= 11 is 0. The van der Waals surface area contributed by atoms with E-state index in [-0.39, 0.29) is 23.6 Å². The van der Waals surface area contributed by atoms with Crippen molar-refractivity contribution in [3.05, 3.63) is 34.9 Å². The molecular formula is C20H28F6N2O. The van der Waals surface area contributed by atoms with Crippen LogP contribution in [0.3, 0.4) is 0 Å². The molecule has 0 aliphatic carbocycles. The van der Waals surface area contributed by atoms with Crippen molar-refractivity contribution < 1.29 is 31.1 Å². The molecule has 0 aliphatic heterocycles. The first-order chi connectivity index (χ1) is 12.9. The maximum Gasteiger partial charge on any atom is 0.416 e. The second kappa shape index (κ2) is 8.93. The molecular weight excluding hydrogens is 398 g/mol. The van der Waals surface area contributed by atoms with Gasteiger partial charge in [-0.2, -0.15) is 26.3 Å². The van der Waals surface area contributed by atoms with Gasteiger partial charge in [0.15, 0.2) is 0 Å². The van der Waals surface area contributed by atoms with E-state index in [0.717, 1.165) is 0 Å². The molecule has 0 fully saturated rings. The standard InChI is InChI=1S/C20H28F6N2O/c1-11(2)7-16(27-12(3)4)17(29)28-18(5,6)13-8-14(19(21,22)23)10-15(9-13)20(24,25)26/h8-12,16,27H,7H2,1-6H3,(H,28,29)/t16-/m1/s1. The monoisotopic (exact) mass is 426 g/mol. The van der Waals surface area contributed by atoms with Gasteiger partial charge in [0, 0.05) is 6.04 Å². The zero-order valence-corrected chi connectivity index (χ0v) is 17.3. The summed E-state index contributed by atoms with van der Waals surface area (Å²) < 4.78 is 78.8. The van der Waals surface area contributed by atoms with E-state index in [2.05, 4.69) is 10.6 Å². The molecule has 0 saturated heterocycles. The molecule has 0 heterocycles. The van der Waals surface area contributed by atoms with Gasteiger partial charge >= 0.3 is 12.4 Å². The number of rotatable bonds is 7. The zero-order valence-electron chi connectivity index (χ0n) is 17.3. The average molecular weight is 426 g/mol. The van der Waals surface area contributed by atoms with Crippen molar-refractivity contribution in [2.24, 2.45) is 5.92 Å². The Morgan fingerprint density at radius 3 is 1.62 bits per heavy atom. The molecule has 1 aromatic rings. The lowest BCUT2D eigenvalue weighted by atomic mass is 9.89. The molecule has 3 nitrogen and oxygen atoms in total. The molecule has 2 N–H and O–H groups in total. The van der Waals surface area contributed by atoms with E-state index in [9.17, 15) is 31.1 Å². The summed E-state index contributed by atoms with van der Waals surface area (Å²) in [6, 6.07) is 0.704. The number of carbonyl (C=O) groups excluding carboxylic acids is 1. The molecule has 1 rings (SSSR count). The first kappa shape index (κ1) is 25.3. The molecule has 0 radical (unpaired) electrons. The van der Waals surface area contributed by atoms with Crippen molar-refractivity contribution in [3.8, 4) is 0 Å². The van der Waals surface area contributed by atoms with Crippen molar-refractivity contribution in [1.29, 1.82) is 0 Å². The molecule has 0 spiro atoms. The summed E-state index contributed by atoms with van der Waals surface area (Å²) in [5, 5.41) is 5.69. The SMILES string of the molecule is CC(C)C[C@@H](NC(C)C)C(=O)NC(C)(C)c1cc(C(F)(F)F)cc(C(F)(F)F)c1. The fraction of sp³-hybridized carbons (Fsp3) is 0.650. The van der Waals surface area contributed by atoms with E-state index >= 15 is 0 Å². The van der Waals surface area contributed by atoms with Crippen molar-refractivity contribution in [2.45, 2.75) is 77.9 Å². The van der Waals surface area contributed by atoms with Crippen molar-refractivity contribution in [2.75, 3.05) is 0 Å². The van der Waals surface area contributed by atoms with Crippen LogP contribution < -0.4 is 10.6 Å². The highest BCUT2D eigenvalue weighted by Gasteiger charge is 2.39. The van der Waals surface area contributed by atoms with Gasteiger partial charge in [-0.25, -0.2) is 0 Å². The van der Waals surface area contributed by atoms with Crippen LogP contribution in [0.5, 0.6) is 0 Å². The van der Waals surface area contributed by atoms with Crippen LogP contribution in [0.4, 0.5) is 26.3 Å². The van der Waals surface area contributed by atoms with E-state index in [1.54, 1.807) is 0 Å². The molecule has 1 atom stereocenters. The largest absolute Gasteiger partial charge is 0.416 e. The van der Waals surface area contributed by atoms with E-state index in [0.29, 0.717) is 18.6 Å². The zero-order chi connectivity index (χ0) is 22.8. The highest BCUT2D eigenvalue weighted by Crippen LogP contribution is 2.38.